The van der Waals surface area contributed by atoms with Crippen LogP contribution in [0.1, 0.15) is 36.3 Å². The molecule has 1 aromatic carbocycles. The fourth-order valence-electron chi connectivity index (χ4n) is 4.11. The van der Waals surface area contributed by atoms with Crippen LogP contribution in [0.15, 0.2) is 51.9 Å². The Labute approximate surface area is 173 Å². The zero-order valence-corrected chi connectivity index (χ0v) is 17.7. The third kappa shape index (κ3) is 4.08. The number of aromatic nitrogens is 1. The van der Waals surface area contributed by atoms with Gasteiger partial charge in [-0.2, -0.15) is 0 Å². The number of hydrogen-bond acceptors (Lipinski definition) is 3. The van der Waals surface area contributed by atoms with Gasteiger partial charge in [-0.15, -0.1) is 0 Å². The smallest absolute Gasteiger partial charge is 0.250 e. The average molecular weight is 444 g/mol. The molecule has 1 aromatic heterocycles. The fraction of sp³-hybridized carbons (Fsp3) is 0.455. The molecule has 6 heteroatoms. The standard InChI is InChI=1S/C22H26BrN3O2/c1-25-11-9-15(12-21(25)27)18-8-10-24-13-19(18)22(28)26(17-6-7-17)14-16-4-2-3-5-20(16)23/h2-5,9,11-12,17-19,24H,6-8,10,13-14H2,1H3/t18-,19+/m1/s1. The molecule has 148 valence electrons. The van der Waals surface area contributed by atoms with E-state index in [4.69, 9.17) is 0 Å². The number of nitrogens with zero attached hydrogens (tertiary/aromatic N) is 2. The molecule has 0 spiro atoms. The van der Waals surface area contributed by atoms with Crippen molar-refractivity contribution in [3.63, 3.8) is 0 Å². The number of aryl methyl sites for hydroxylation is 1. The summed E-state index contributed by atoms with van der Waals surface area (Å²) < 4.78 is 2.61. The van der Waals surface area contributed by atoms with Crippen LogP contribution in [0.3, 0.4) is 0 Å². The number of hydrogen-bond donors (Lipinski definition) is 1. The van der Waals surface area contributed by atoms with Gasteiger partial charge in [-0.3, -0.25) is 9.59 Å². The van der Waals surface area contributed by atoms with Crippen molar-refractivity contribution in [2.75, 3.05) is 13.1 Å². The largest absolute Gasteiger partial charge is 0.335 e. The highest BCUT2D eigenvalue weighted by Gasteiger charge is 2.40. The van der Waals surface area contributed by atoms with E-state index in [1.807, 2.05) is 24.3 Å². The summed E-state index contributed by atoms with van der Waals surface area (Å²) >= 11 is 3.62. The van der Waals surface area contributed by atoms with Crippen LogP contribution in [0.4, 0.5) is 0 Å². The predicted octanol–water partition coefficient (Wildman–Crippen LogP) is 3.03. The van der Waals surface area contributed by atoms with Gasteiger partial charge >= 0.3 is 0 Å². The van der Waals surface area contributed by atoms with Gasteiger partial charge in [-0.05, 0) is 55.0 Å². The second-order valence-corrected chi connectivity index (χ2v) is 8.76. The molecule has 2 atom stereocenters. The molecule has 1 N–H and O–H groups in total. The van der Waals surface area contributed by atoms with Crippen molar-refractivity contribution < 1.29 is 4.79 Å². The number of carbonyl (C=O) groups is 1. The van der Waals surface area contributed by atoms with Crippen LogP contribution >= 0.6 is 15.9 Å². The number of pyridine rings is 1. The van der Waals surface area contributed by atoms with Crippen LogP contribution in [-0.4, -0.2) is 34.5 Å². The SMILES string of the molecule is Cn1ccc([C@H]2CCNC[C@@H]2C(=O)N(Cc2ccccc2Br)C2CC2)cc1=O. The summed E-state index contributed by atoms with van der Waals surface area (Å²) in [5.41, 5.74) is 2.10. The predicted molar refractivity (Wildman–Crippen MR) is 113 cm³/mol. The molecule has 5 nitrogen and oxygen atoms in total. The molecule has 2 aromatic rings. The molecule has 1 amide bonds. The van der Waals surface area contributed by atoms with Crippen molar-refractivity contribution in [1.29, 1.82) is 0 Å². The zero-order chi connectivity index (χ0) is 19.7. The van der Waals surface area contributed by atoms with E-state index in [9.17, 15) is 9.59 Å². The van der Waals surface area contributed by atoms with Crippen molar-refractivity contribution in [1.82, 2.24) is 14.8 Å². The fourth-order valence-corrected chi connectivity index (χ4v) is 4.52. The van der Waals surface area contributed by atoms with Crippen molar-refractivity contribution >= 4 is 21.8 Å². The van der Waals surface area contributed by atoms with Gasteiger partial charge in [0.25, 0.3) is 5.56 Å². The first-order valence-electron chi connectivity index (χ1n) is 9.96. The highest BCUT2D eigenvalue weighted by Crippen LogP contribution is 2.36. The zero-order valence-electron chi connectivity index (χ0n) is 16.1. The monoisotopic (exact) mass is 443 g/mol. The summed E-state index contributed by atoms with van der Waals surface area (Å²) in [6.07, 6.45) is 4.83. The van der Waals surface area contributed by atoms with Gasteiger partial charge in [-0.1, -0.05) is 34.1 Å². The van der Waals surface area contributed by atoms with Crippen molar-refractivity contribution in [2.45, 2.75) is 37.8 Å². The molecule has 2 fully saturated rings. The number of piperidine rings is 1. The Bertz CT molecular complexity index is 922. The van der Waals surface area contributed by atoms with E-state index in [1.165, 1.54) is 0 Å². The Kier molecular flexibility index (Phi) is 5.69. The molecule has 2 aliphatic rings. The summed E-state index contributed by atoms with van der Waals surface area (Å²) in [5, 5.41) is 3.39. The molecule has 1 saturated heterocycles. The average Bonchev–Trinajstić information content (AvgIpc) is 3.54. The summed E-state index contributed by atoms with van der Waals surface area (Å²) in [7, 11) is 1.75. The molecule has 4 rings (SSSR count). The quantitative estimate of drug-likeness (QED) is 0.772. The van der Waals surface area contributed by atoms with Crippen LogP contribution in [0.2, 0.25) is 0 Å². The number of amides is 1. The van der Waals surface area contributed by atoms with E-state index >= 15 is 0 Å². The summed E-state index contributed by atoms with van der Waals surface area (Å²) in [6.45, 7) is 2.17. The highest BCUT2D eigenvalue weighted by molar-refractivity contribution is 9.10. The van der Waals surface area contributed by atoms with Gasteiger partial charge in [-0.25, -0.2) is 0 Å². The topological polar surface area (TPSA) is 54.3 Å². The molecule has 1 aliphatic carbocycles. The van der Waals surface area contributed by atoms with E-state index < -0.39 is 0 Å². The van der Waals surface area contributed by atoms with Gasteiger partial charge < -0.3 is 14.8 Å². The highest BCUT2D eigenvalue weighted by atomic mass is 79.9. The van der Waals surface area contributed by atoms with Crippen molar-refractivity contribution in [2.24, 2.45) is 13.0 Å². The summed E-state index contributed by atoms with van der Waals surface area (Å²) in [6, 6.07) is 12.1. The molecule has 1 aliphatic heterocycles. The van der Waals surface area contributed by atoms with E-state index in [2.05, 4.69) is 32.2 Å². The minimum atomic E-state index is -0.135. The second kappa shape index (κ2) is 8.21. The number of nitrogens with one attached hydrogen (secondary N) is 1. The van der Waals surface area contributed by atoms with Crippen molar-refractivity contribution in [3.8, 4) is 0 Å². The lowest BCUT2D eigenvalue weighted by Gasteiger charge is -2.36. The van der Waals surface area contributed by atoms with Gasteiger partial charge in [0.2, 0.25) is 5.91 Å². The summed E-state index contributed by atoms with van der Waals surface area (Å²) in [4.78, 5) is 27.8. The van der Waals surface area contributed by atoms with E-state index in [-0.39, 0.29) is 23.3 Å². The lowest BCUT2D eigenvalue weighted by Crippen LogP contribution is -2.47. The molecular weight excluding hydrogens is 418 g/mol. The molecule has 0 bridgehead atoms. The first kappa shape index (κ1) is 19.4. The third-order valence-corrected chi connectivity index (χ3v) is 6.70. The van der Waals surface area contributed by atoms with E-state index in [1.54, 1.807) is 23.9 Å². The van der Waals surface area contributed by atoms with Gasteiger partial charge in [0.15, 0.2) is 0 Å². The Balaban J connectivity index is 1.60. The number of benzene rings is 1. The Morgan fingerprint density at radius 2 is 2.04 bits per heavy atom. The van der Waals surface area contributed by atoms with Gasteiger partial charge in [0.05, 0.1) is 5.92 Å². The van der Waals surface area contributed by atoms with Gasteiger partial charge in [0.1, 0.15) is 0 Å². The van der Waals surface area contributed by atoms with Crippen molar-refractivity contribution in [3.05, 3.63) is 68.5 Å². The minimum Gasteiger partial charge on any atom is -0.335 e. The van der Waals surface area contributed by atoms with Crippen LogP contribution in [0, 0.1) is 5.92 Å². The lowest BCUT2D eigenvalue weighted by atomic mass is 9.80. The maximum atomic E-state index is 13.6. The molecule has 28 heavy (non-hydrogen) atoms. The van der Waals surface area contributed by atoms with Crippen LogP contribution < -0.4 is 10.9 Å². The number of halogens is 1. The van der Waals surface area contributed by atoms with Crippen LogP contribution in [-0.2, 0) is 18.4 Å². The molecule has 0 radical (unpaired) electrons. The molecule has 0 unspecified atom stereocenters. The normalized spacial score (nSPS) is 22.1. The number of rotatable bonds is 5. The molecule has 2 heterocycles. The lowest BCUT2D eigenvalue weighted by molar-refractivity contribution is -0.138. The first-order valence-corrected chi connectivity index (χ1v) is 10.7. The Hall–Kier alpha value is -1.92. The third-order valence-electron chi connectivity index (χ3n) is 5.93. The van der Waals surface area contributed by atoms with Crippen LogP contribution in [0.5, 0.6) is 0 Å². The maximum Gasteiger partial charge on any atom is 0.250 e. The molecule has 1 saturated carbocycles. The first-order chi connectivity index (χ1) is 13.5. The minimum absolute atomic E-state index is 0.0190. The Morgan fingerprint density at radius 3 is 2.75 bits per heavy atom. The molecular formula is C22H26BrN3O2. The maximum absolute atomic E-state index is 13.6. The van der Waals surface area contributed by atoms with E-state index in [0.717, 1.165) is 41.4 Å². The Morgan fingerprint density at radius 1 is 1.25 bits per heavy atom. The van der Waals surface area contributed by atoms with Gasteiger partial charge in [0, 0.05) is 42.9 Å². The summed E-state index contributed by atoms with van der Waals surface area (Å²) in [5.74, 6) is 0.156. The van der Waals surface area contributed by atoms with Crippen LogP contribution in [0.25, 0.3) is 0 Å². The van der Waals surface area contributed by atoms with E-state index in [0.29, 0.717) is 19.1 Å². The second-order valence-electron chi connectivity index (χ2n) is 7.90. The number of carbonyl (C=O) groups excluding carboxylic acids is 1.